The summed E-state index contributed by atoms with van der Waals surface area (Å²) >= 11 is 19.4. The molecular formula is C16H14Cl3NOS. The number of benzene rings is 2. The second kappa shape index (κ2) is 8.68. The van der Waals surface area contributed by atoms with Crippen molar-refractivity contribution in [2.45, 2.75) is 17.7 Å². The van der Waals surface area contributed by atoms with E-state index in [0.29, 0.717) is 22.2 Å². The molecule has 2 nitrogen and oxygen atoms in total. The summed E-state index contributed by atoms with van der Waals surface area (Å²) in [6.45, 7) is 0. The van der Waals surface area contributed by atoms with Gasteiger partial charge in [0.25, 0.3) is 0 Å². The van der Waals surface area contributed by atoms with E-state index in [9.17, 15) is 4.79 Å². The van der Waals surface area contributed by atoms with Gasteiger partial charge in [-0.15, -0.1) is 11.8 Å². The largest absolute Gasteiger partial charge is 0.325 e. The normalized spacial score (nSPS) is 10.5. The molecule has 0 saturated heterocycles. The summed E-state index contributed by atoms with van der Waals surface area (Å²) < 4.78 is 0. The molecule has 2 rings (SSSR count). The number of rotatable bonds is 6. The van der Waals surface area contributed by atoms with Gasteiger partial charge in [0.15, 0.2) is 0 Å². The van der Waals surface area contributed by atoms with Gasteiger partial charge in [0.05, 0.1) is 10.7 Å². The Balaban J connectivity index is 1.74. The van der Waals surface area contributed by atoms with Crippen LogP contribution in [0.25, 0.3) is 0 Å². The quantitative estimate of drug-likeness (QED) is 0.484. The van der Waals surface area contributed by atoms with Crippen LogP contribution in [0.5, 0.6) is 0 Å². The molecule has 2 aromatic rings. The Morgan fingerprint density at radius 3 is 2.41 bits per heavy atom. The van der Waals surface area contributed by atoms with Crippen LogP contribution in [0.4, 0.5) is 5.69 Å². The first-order valence-electron chi connectivity index (χ1n) is 6.68. The molecule has 0 fully saturated rings. The van der Waals surface area contributed by atoms with E-state index in [-0.39, 0.29) is 5.91 Å². The third-order valence-electron chi connectivity index (χ3n) is 2.83. The fourth-order valence-corrected chi connectivity index (χ4v) is 3.08. The number of hydrogen-bond acceptors (Lipinski definition) is 2. The highest BCUT2D eigenvalue weighted by molar-refractivity contribution is 7.99. The minimum Gasteiger partial charge on any atom is -0.325 e. The molecule has 0 aliphatic rings. The summed E-state index contributed by atoms with van der Waals surface area (Å²) in [6.07, 6.45) is 1.21. The lowest BCUT2D eigenvalue weighted by Crippen LogP contribution is -2.11. The standard InChI is InChI=1S/C16H14Cl3NOS/c17-11-3-6-13(7-4-11)22-9-1-2-16(21)20-15-10-12(18)5-8-14(15)19/h3-8,10H,1-2,9H2,(H,20,21). The average Bonchev–Trinajstić information content (AvgIpc) is 2.49. The summed E-state index contributed by atoms with van der Waals surface area (Å²) in [5, 5.41) is 4.52. The van der Waals surface area contributed by atoms with Crippen molar-refractivity contribution < 1.29 is 4.79 Å². The van der Waals surface area contributed by atoms with E-state index in [1.54, 1.807) is 30.0 Å². The summed E-state index contributed by atoms with van der Waals surface area (Å²) in [7, 11) is 0. The van der Waals surface area contributed by atoms with Crippen molar-refractivity contribution in [1.82, 2.24) is 0 Å². The summed E-state index contributed by atoms with van der Waals surface area (Å²) in [4.78, 5) is 13.0. The van der Waals surface area contributed by atoms with E-state index < -0.39 is 0 Å². The Kier molecular flexibility index (Phi) is 6.90. The molecule has 0 radical (unpaired) electrons. The molecule has 0 aliphatic heterocycles. The zero-order valence-corrected chi connectivity index (χ0v) is 14.7. The van der Waals surface area contributed by atoms with Gasteiger partial charge in [0, 0.05) is 21.4 Å². The number of nitrogens with one attached hydrogen (secondary N) is 1. The molecule has 0 unspecified atom stereocenters. The highest BCUT2D eigenvalue weighted by Crippen LogP contribution is 2.26. The van der Waals surface area contributed by atoms with E-state index in [1.165, 1.54) is 0 Å². The summed E-state index contributed by atoms with van der Waals surface area (Å²) in [6, 6.07) is 12.6. The highest BCUT2D eigenvalue weighted by atomic mass is 35.5. The van der Waals surface area contributed by atoms with Gasteiger partial charge in [-0.2, -0.15) is 0 Å². The molecule has 1 amide bonds. The van der Waals surface area contributed by atoms with Gasteiger partial charge < -0.3 is 5.32 Å². The third-order valence-corrected chi connectivity index (χ3v) is 4.75. The number of amides is 1. The van der Waals surface area contributed by atoms with Crippen molar-refractivity contribution >= 4 is 58.2 Å². The lowest BCUT2D eigenvalue weighted by Gasteiger charge is -2.07. The summed E-state index contributed by atoms with van der Waals surface area (Å²) in [5.74, 6) is 0.791. The van der Waals surface area contributed by atoms with Crippen LogP contribution < -0.4 is 5.32 Å². The Bertz CT molecular complexity index is 646. The van der Waals surface area contributed by atoms with Gasteiger partial charge in [-0.25, -0.2) is 0 Å². The first-order valence-corrected chi connectivity index (χ1v) is 8.80. The third kappa shape index (κ3) is 5.73. The summed E-state index contributed by atoms with van der Waals surface area (Å²) in [5.41, 5.74) is 0.546. The van der Waals surface area contributed by atoms with E-state index >= 15 is 0 Å². The van der Waals surface area contributed by atoms with Crippen molar-refractivity contribution in [3.63, 3.8) is 0 Å². The Labute approximate surface area is 149 Å². The topological polar surface area (TPSA) is 29.1 Å². The molecule has 0 heterocycles. The first-order chi connectivity index (χ1) is 10.5. The van der Waals surface area contributed by atoms with E-state index in [4.69, 9.17) is 34.8 Å². The van der Waals surface area contributed by atoms with Crippen molar-refractivity contribution in [2.75, 3.05) is 11.1 Å². The van der Waals surface area contributed by atoms with Crippen LogP contribution in [0, 0.1) is 0 Å². The Morgan fingerprint density at radius 1 is 1.00 bits per heavy atom. The fraction of sp³-hybridized carbons (Fsp3) is 0.188. The molecule has 116 valence electrons. The molecule has 0 aromatic heterocycles. The molecule has 6 heteroatoms. The number of carbonyl (C=O) groups is 1. The van der Waals surface area contributed by atoms with Crippen LogP contribution in [0.2, 0.25) is 15.1 Å². The molecular weight excluding hydrogens is 361 g/mol. The predicted octanol–water partition coefficient (Wildman–Crippen LogP) is 6.16. The zero-order chi connectivity index (χ0) is 15.9. The van der Waals surface area contributed by atoms with Gasteiger partial charge in [-0.05, 0) is 54.6 Å². The van der Waals surface area contributed by atoms with Crippen LogP contribution in [0.3, 0.4) is 0 Å². The number of halogens is 3. The minimum atomic E-state index is -0.0686. The lowest BCUT2D eigenvalue weighted by atomic mass is 10.3. The number of anilines is 1. The maximum absolute atomic E-state index is 11.9. The van der Waals surface area contributed by atoms with Crippen LogP contribution in [0.15, 0.2) is 47.4 Å². The average molecular weight is 375 g/mol. The zero-order valence-electron chi connectivity index (χ0n) is 11.6. The Hall–Kier alpha value is -0.870. The molecule has 2 aromatic carbocycles. The monoisotopic (exact) mass is 373 g/mol. The number of hydrogen-bond donors (Lipinski definition) is 1. The molecule has 22 heavy (non-hydrogen) atoms. The molecule has 0 atom stereocenters. The molecule has 1 N–H and O–H groups in total. The number of thioether (sulfide) groups is 1. The SMILES string of the molecule is O=C(CCCSc1ccc(Cl)cc1)Nc1cc(Cl)ccc1Cl. The van der Waals surface area contributed by atoms with Gasteiger partial charge >= 0.3 is 0 Å². The van der Waals surface area contributed by atoms with E-state index in [2.05, 4.69) is 5.32 Å². The molecule has 0 bridgehead atoms. The van der Waals surface area contributed by atoms with Crippen LogP contribution >= 0.6 is 46.6 Å². The smallest absolute Gasteiger partial charge is 0.224 e. The first kappa shape index (κ1) is 17.5. The predicted molar refractivity (Wildman–Crippen MR) is 96.5 cm³/mol. The van der Waals surface area contributed by atoms with Gasteiger partial charge in [-0.1, -0.05) is 34.8 Å². The number of carbonyl (C=O) groups excluding carboxylic acids is 1. The van der Waals surface area contributed by atoms with E-state index in [1.807, 2.05) is 24.3 Å². The molecule has 0 aliphatic carbocycles. The van der Waals surface area contributed by atoms with Gasteiger partial charge in [0.2, 0.25) is 5.91 Å². The van der Waals surface area contributed by atoms with E-state index in [0.717, 1.165) is 22.1 Å². The molecule has 0 saturated carbocycles. The van der Waals surface area contributed by atoms with Crippen molar-refractivity contribution in [2.24, 2.45) is 0 Å². The second-order valence-electron chi connectivity index (χ2n) is 4.58. The second-order valence-corrected chi connectivity index (χ2v) is 7.03. The lowest BCUT2D eigenvalue weighted by molar-refractivity contribution is -0.116. The van der Waals surface area contributed by atoms with Crippen LogP contribution in [-0.4, -0.2) is 11.7 Å². The Morgan fingerprint density at radius 2 is 1.68 bits per heavy atom. The van der Waals surface area contributed by atoms with Crippen molar-refractivity contribution in [3.8, 4) is 0 Å². The maximum atomic E-state index is 11.9. The maximum Gasteiger partial charge on any atom is 0.224 e. The fourth-order valence-electron chi connectivity index (χ4n) is 1.76. The van der Waals surface area contributed by atoms with Crippen molar-refractivity contribution in [3.05, 3.63) is 57.5 Å². The van der Waals surface area contributed by atoms with Crippen molar-refractivity contribution in [1.29, 1.82) is 0 Å². The minimum absolute atomic E-state index is 0.0686. The van der Waals surface area contributed by atoms with Gasteiger partial charge in [0.1, 0.15) is 0 Å². The van der Waals surface area contributed by atoms with Gasteiger partial charge in [-0.3, -0.25) is 4.79 Å². The van der Waals surface area contributed by atoms with Crippen LogP contribution in [-0.2, 0) is 4.79 Å². The highest BCUT2D eigenvalue weighted by Gasteiger charge is 2.06. The van der Waals surface area contributed by atoms with Crippen LogP contribution in [0.1, 0.15) is 12.8 Å². The molecule has 0 spiro atoms.